The van der Waals surface area contributed by atoms with E-state index in [4.69, 9.17) is 0 Å². The van der Waals surface area contributed by atoms with Crippen LogP contribution in [0.2, 0.25) is 0 Å². The molecule has 3 amide bonds. The van der Waals surface area contributed by atoms with Crippen molar-refractivity contribution in [2.75, 3.05) is 12.4 Å². The van der Waals surface area contributed by atoms with Crippen LogP contribution >= 0.6 is 11.3 Å². The van der Waals surface area contributed by atoms with E-state index in [2.05, 4.69) is 10.3 Å². The maximum atomic E-state index is 12.4. The first-order chi connectivity index (χ1) is 11.2. The van der Waals surface area contributed by atoms with E-state index in [1.165, 1.54) is 24.5 Å². The quantitative estimate of drug-likeness (QED) is 0.850. The highest BCUT2D eigenvalue weighted by Crippen LogP contribution is 2.28. The molecule has 124 valence electrons. The topological polar surface area (TPSA) is 79.4 Å². The fourth-order valence-corrected chi connectivity index (χ4v) is 3.23. The van der Waals surface area contributed by atoms with Gasteiger partial charge in [0.05, 0.1) is 22.3 Å². The van der Waals surface area contributed by atoms with Crippen molar-refractivity contribution in [3.8, 4) is 0 Å². The van der Waals surface area contributed by atoms with Crippen molar-refractivity contribution in [2.45, 2.75) is 26.2 Å². The Bertz CT molecular complexity index is 864. The third kappa shape index (κ3) is 2.71. The first kappa shape index (κ1) is 16.3. The lowest BCUT2D eigenvalue weighted by Crippen LogP contribution is -2.24. The molecule has 1 N–H and O–H groups in total. The molecule has 7 heteroatoms. The molecule has 1 aromatic carbocycles. The second-order valence-electron chi connectivity index (χ2n) is 6.66. The normalized spacial score (nSPS) is 14.1. The number of imide groups is 1. The molecule has 2 heterocycles. The SMILES string of the molecule is CN1C(=O)c2ccc(NC(=O)c3cnc(C(C)(C)C)s3)cc2C1=O. The fourth-order valence-electron chi connectivity index (χ4n) is 2.36. The van der Waals surface area contributed by atoms with Crippen LogP contribution < -0.4 is 5.32 Å². The maximum Gasteiger partial charge on any atom is 0.267 e. The summed E-state index contributed by atoms with van der Waals surface area (Å²) in [5.41, 5.74) is 1.02. The first-order valence-corrected chi connectivity index (χ1v) is 8.24. The lowest BCUT2D eigenvalue weighted by atomic mass is 9.98. The van der Waals surface area contributed by atoms with Crippen LogP contribution in [0.25, 0.3) is 0 Å². The van der Waals surface area contributed by atoms with Crippen LogP contribution in [0, 0.1) is 0 Å². The van der Waals surface area contributed by atoms with E-state index in [0.29, 0.717) is 21.7 Å². The molecule has 0 saturated carbocycles. The number of carbonyl (C=O) groups is 3. The van der Waals surface area contributed by atoms with Crippen LogP contribution in [0.15, 0.2) is 24.4 Å². The van der Waals surface area contributed by atoms with Crippen LogP contribution in [-0.2, 0) is 5.41 Å². The molecule has 3 rings (SSSR count). The maximum absolute atomic E-state index is 12.4. The smallest absolute Gasteiger partial charge is 0.267 e. The van der Waals surface area contributed by atoms with Gasteiger partial charge in [-0.2, -0.15) is 0 Å². The standard InChI is InChI=1S/C17H17N3O3S/c1-17(2,3)16-18-8-12(24-16)13(21)19-9-5-6-10-11(7-9)15(23)20(4)14(10)22/h5-8H,1-4H3,(H,19,21). The molecular formula is C17H17N3O3S. The Kier molecular flexibility index (Phi) is 3.76. The summed E-state index contributed by atoms with van der Waals surface area (Å²) in [6, 6.07) is 4.71. The Morgan fingerprint density at radius 1 is 1.17 bits per heavy atom. The van der Waals surface area contributed by atoms with Gasteiger partial charge < -0.3 is 5.32 Å². The molecule has 1 aromatic heterocycles. The lowest BCUT2D eigenvalue weighted by molar-refractivity contribution is 0.0692. The highest BCUT2D eigenvalue weighted by molar-refractivity contribution is 7.13. The Balaban J connectivity index is 1.83. The van der Waals surface area contributed by atoms with Crippen molar-refractivity contribution >= 4 is 34.7 Å². The summed E-state index contributed by atoms with van der Waals surface area (Å²) in [4.78, 5) is 42.1. The van der Waals surface area contributed by atoms with Crippen LogP contribution in [0.5, 0.6) is 0 Å². The minimum Gasteiger partial charge on any atom is -0.321 e. The van der Waals surface area contributed by atoms with Crippen LogP contribution in [-0.4, -0.2) is 34.7 Å². The summed E-state index contributed by atoms with van der Waals surface area (Å²) in [7, 11) is 1.44. The molecule has 0 atom stereocenters. The number of rotatable bonds is 2. The lowest BCUT2D eigenvalue weighted by Gasteiger charge is -2.13. The Hall–Kier alpha value is -2.54. The number of benzene rings is 1. The first-order valence-electron chi connectivity index (χ1n) is 7.42. The summed E-state index contributed by atoms with van der Waals surface area (Å²) >= 11 is 1.34. The molecule has 0 unspecified atom stereocenters. The zero-order chi connectivity index (χ0) is 17.6. The molecule has 0 spiro atoms. The number of carbonyl (C=O) groups excluding carboxylic acids is 3. The molecule has 0 fully saturated rings. The number of fused-ring (bicyclic) bond motifs is 1. The summed E-state index contributed by atoms with van der Waals surface area (Å²) in [5.74, 6) is -0.975. The fraction of sp³-hybridized carbons (Fsp3) is 0.294. The highest BCUT2D eigenvalue weighted by Gasteiger charge is 2.32. The van der Waals surface area contributed by atoms with Crippen molar-refractivity contribution in [3.05, 3.63) is 45.4 Å². The van der Waals surface area contributed by atoms with Gasteiger partial charge in [-0.1, -0.05) is 20.8 Å². The summed E-state index contributed by atoms with van der Waals surface area (Å²) < 4.78 is 0. The summed E-state index contributed by atoms with van der Waals surface area (Å²) in [5, 5.41) is 3.63. The molecule has 2 aromatic rings. The predicted molar refractivity (Wildman–Crippen MR) is 91.6 cm³/mol. The van der Waals surface area contributed by atoms with Crippen LogP contribution in [0.1, 0.15) is 56.2 Å². The van der Waals surface area contributed by atoms with E-state index in [0.717, 1.165) is 9.91 Å². The van der Waals surface area contributed by atoms with Gasteiger partial charge in [-0.3, -0.25) is 19.3 Å². The van der Waals surface area contributed by atoms with Gasteiger partial charge in [-0.05, 0) is 18.2 Å². The number of hydrogen-bond donors (Lipinski definition) is 1. The van der Waals surface area contributed by atoms with Crippen molar-refractivity contribution in [2.24, 2.45) is 0 Å². The number of nitrogens with zero attached hydrogens (tertiary/aromatic N) is 2. The van der Waals surface area contributed by atoms with Crippen molar-refractivity contribution in [1.29, 1.82) is 0 Å². The zero-order valence-electron chi connectivity index (χ0n) is 13.8. The average Bonchev–Trinajstić information content (AvgIpc) is 3.09. The third-order valence-electron chi connectivity index (χ3n) is 3.72. The molecule has 0 radical (unpaired) electrons. The molecule has 6 nitrogen and oxygen atoms in total. The third-order valence-corrected chi connectivity index (χ3v) is 5.14. The van der Waals surface area contributed by atoms with Crippen molar-refractivity contribution in [3.63, 3.8) is 0 Å². The van der Waals surface area contributed by atoms with E-state index >= 15 is 0 Å². The Labute approximate surface area is 143 Å². The van der Waals surface area contributed by atoms with Crippen molar-refractivity contribution in [1.82, 2.24) is 9.88 Å². The molecule has 1 aliphatic heterocycles. The monoisotopic (exact) mass is 343 g/mol. The molecule has 0 aliphatic carbocycles. The Morgan fingerprint density at radius 2 is 1.83 bits per heavy atom. The molecular weight excluding hydrogens is 326 g/mol. The summed E-state index contributed by atoms with van der Waals surface area (Å²) in [6.45, 7) is 6.10. The zero-order valence-corrected chi connectivity index (χ0v) is 14.7. The van der Waals surface area contributed by atoms with E-state index < -0.39 is 0 Å². The highest BCUT2D eigenvalue weighted by atomic mass is 32.1. The van der Waals surface area contributed by atoms with Gasteiger partial charge in [0.2, 0.25) is 0 Å². The van der Waals surface area contributed by atoms with Crippen LogP contribution in [0.4, 0.5) is 5.69 Å². The van der Waals surface area contributed by atoms with Crippen molar-refractivity contribution < 1.29 is 14.4 Å². The minimum absolute atomic E-state index is 0.117. The average molecular weight is 343 g/mol. The van der Waals surface area contributed by atoms with E-state index in [-0.39, 0.29) is 23.1 Å². The largest absolute Gasteiger partial charge is 0.321 e. The number of anilines is 1. The van der Waals surface area contributed by atoms with Gasteiger partial charge >= 0.3 is 0 Å². The van der Waals surface area contributed by atoms with Gasteiger partial charge in [0.15, 0.2) is 0 Å². The molecule has 24 heavy (non-hydrogen) atoms. The molecule has 0 saturated heterocycles. The molecule has 1 aliphatic rings. The number of amides is 3. The van der Waals surface area contributed by atoms with Gasteiger partial charge in [-0.25, -0.2) is 4.98 Å². The predicted octanol–water partition coefficient (Wildman–Crippen LogP) is 2.92. The van der Waals surface area contributed by atoms with Gasteiger partial charge in [0.1, 0.15) is 4.88 Å². The van der Waals surface area contributed by atoms with Crippen LogP contribution in [0.3, 0.4) is 0 Å². The Morgan fingerprint density at radius 3 is 2.46 bits per heavy atom. The van der Waals surface area contributed by atoms with E-state index in [9.17, 15) is 14.4 Å². The number of hydrogen-bond acceptors (Lipinski definition) is 5. The van der Waals surface area contributed by atoms with E-state index in [1.807, 2.05) is 20.8 Å². The van der Waals surface area contributed by atoms with Gasteiger partial charge in [-0.15, -0.1) is 11.3 Å². The number of aromatic nitrogens is 1. The number of nitrogens with one attached hydrogen (secondary N) is 1. The second-order valence-corrected chi connectivity index (χ2v) is 7.69. The number of thiazole rings is 1. The van der Waals surface area contributed by atoms with E-state index in [1.54, 1.807) is 18.3 Å². The summed E-state index contributed by atoms with van der Waals surface area (Å²) in [6.07, 6.45) is 1.55. The minimum atomic E-state index is -0.362. The second kappa shape index (κ2) is 5.52. The molecule has 0 bridgehead atoms. The van der Waals surface area contributed by atoms with Gasteiger partial charge in [0, 0.05) is 18.2 Å². The van der Waals surface area contributed by atoms with Gasteiger partial charge in [0.25, 0.3) is 17.7 Å².